The molecule has 0 unspecified atom stereocenters. The summed E-state index contributed by atoms with van der Waals surface area (Å²) in [5, 5.41) is 7.31. The van der Waals surface area contributed by atoms with Gasteiger partial charge in [-0.2, -0.15) is 0 Å². The summed E-state index contributed by atoms with van der Waals surface area (Å²) in [7, 11) is 0. The van der Waals surface area contributed by atoms with Gasteiger partial charge in [-0.1, -0.05) is 59.1 Å². The van der Waals surface area contributed by atoms with Crippen LogP contribution in [0.5, 0.6) is 0 Å². The number of anilines is 1. The molecule has 2 aromatic rings. The molecule has 3 nitrogen and oxygen atoms in total. The third kappa shape index (κ3) is 4.29. The molecule has 2 N–H and O–H groups in total. The van der Waals surface area contributed by atoms with Gasteiger partial charge in [-0.25, -0.2) is 0 Å². The number of carbonyl (C=O) groups is 1. The molecule has 0 saturated carbocycles. The lowest BCUT2D eigenvalue weighted by Crippen LogP contribution is -2.41. The van der Waals surface area contributed by atoms with Crippen LogP contribution in [0, 0.1) is 0 Å². The number of rotatable bonds is 4. The lowest BCUT2D eigenvalue weighted by Gasteiger charge is -2.29. The van der Waals surface area contributed by atoms with Crippen molar-refractivity contribution in [2.45, 2.75) is 38.3 Å². The minimum absolute atomic E-state index is 0.164. The Morgan fingerprint density at radius 1 is 1.12 bits per heavy atom. The summed E-state index contributed by atoms with van der Waals surface area (Å²) in [6, 6.07) is 11.3. The smallest absolute Gasteiger partial charge is 0.241 e. The standard InChI is InChI=1S/C19H19Cl3N2O/c1-11(19(25)24-18-10-15(21)14(20)9-16(18)22)23-17-8-4-6-12-5-2-3-7-13(12)17/h2-3,5,7,9-11,17,23H,4,6,8H2,1H3,(H,24,25)/t11-,17-/m1/s1. The molecule has 0 saturated heterocycles. The number of amides is 1. The van der Waals surface area contributed by atoms with Crippen LogP contribution in [0.25, 0.3) is 0 Å². The van der Waals surface area contributed by atoms with E-state index < -0.39 is 0 Å². The molecule has 1 aliphatic rings. The van der Waals surface area contributed by atoms with Crippen LogP contribution in [0.15, 0.2) is 36.4 Å². The van der Waals surface area contributed by atoms with Gasteiger partial charge in [0.05, 0.1) is 26.8 Å². The van der Waals surface area contributed by atoms with E-state index in [-0.39, 0.29) is 18.0 Å². The van der Waals surface area contributed by atoms with Crippen LogP contribution < -0.4 is 10.6 Å². The van der Waals surface area contributed by atoms with Crippen LogP contribution >= 0.6 is 34.8 Å². The molecular weight excluding hydrogens is 379 g/mol. The first kappa shape index (κ1) is 18.5. The molecule has 1 aliphatic carbocycles. The van der Waals surface area contributed by atoms with Gasteiger partial charge in [0.2, 0.25) is 5.91 Å². The summed E-state index contributed by atoms with van der Waals surface area (Å²) in [5.74, 6) is -0.164. The molecule has 25 heavy (non-hydrogen) atoms. The van der Waals surface area contributed by atoms with Gasteiger partial charge in [0, 0.05) is 6.04 Å². The average molecular weight is 398 g/mol. The van der Waals surface area contributed by atoms with E-state index in [9.17, 15) is 4.79 Å². The van der Waals surface area contributed by atoms with Gasteiger partial charge >= 0.3 is 0 Å². The Morgan fingerprint density at radius 3 is 2.64 bits per heavy atom. The fraction of sp³-hybridized carbons (Fsp3) is 0.316. The number of nitrogens with one attached hydrogen (secondary N) is 2. The molecule has 0 fully saturated rings. The van der Waals surface area contributed by atoms with E-state index in [0.29, 0.717) is 20.8 Å². The highest BCUT2D eigenvalue weighted by molar-refractivity contribution is 6.44. The minimum Gasteiger partial charge on any atom is -0.323 e. The Balaban J connectivity index is 1.69. The topological polar surface area (TPSA) is 41.1 Å². The number of hydrogen-bond acceptors (Lipinski definition) is 2. The van der Waals surface area contributed by atoms with Crippen LogP contribution in [0.4, 0.5) is 5.69 Å². The summed E-state index contributed by atoms with van der Waals surface area (Å²) in [5.41, 5.74) is 3.09. The average Bonchev–Trinajstić information content (AvgIpc) is 2.60. The van der Waals surface area contributed by atoms with Crippen molar-refractivity contribution in [3.05, 3.63) is 62.6 Å². The minimum atomic E-state index is -0.373. The highest BCUT2D eigenvalue weighted by Gasteiger charge is 2.24. The molecule has 3 rings (SSSR count). The van der Waals surface area contributed by atoms with Gasteiger partial charge in [0.15, 0.2) is 0 Å². The number of aryl methyl sites for hydroxylation is 1. The molecule has 0 aromatic heterocycles. The molecular formula is C19H19Cl3N2O. The maximum atomic E-state index is 12.5. The first-order chi connectivity index (χ1) is 12.0. The molecule has 132 valence electrons. The van der Waals surface area contributed by atoms with E-state index >= 15 is 0 Å². The fourth-order valence-corrected chi connectivity index (χ4v) is 3.76. The number of fused-ring (bicyclic) bond motifs is 1. The van der Waals surface area contributed by atoms with Crippen molar-refractivity contribution < 1.29 is 4.79 Å². The summed E-state index contributed by atoms with van der Waals surface area (Å²) in [6.45, 7) is 1.85. The second-order valence-corrected chi connectivity index (χ2v) is 7.49. The van der Waals surface area contributed by atoms with Crippen molar-refractivity contribution in [2.24, 2.45) is 0 Å². The zero-order chi connectivity index (χ0) is 18.0. The maximum Gasteiger partial charge on any atom is 0.241 e. The monoisotopic (exact) mass is 396 g/mol. The zero-order valence-electron chi connectivity index (χ0n) is 13.8. The third-order valence-corrected chi connectivity index (χ3v) is 5.52. The van der Waals surface area contributed by atoms with Crippen molar-refractivity contribution in [1.82, 2.24) is 5.32 Å². The van der Waals surface area contributed by atoms with Crippen LogP contribution in [0.2, 0.25) is 15.1 Å². The lowest BCUT2D eigenvalue weighted by atomic mass is 9.87. The van der Waals surface area contributed by atoms with Gasteiger partial charge < -0.3 is 5.32 Å². The van der Waals surface area contributed by atoms with Crippen molar-refractivity contribution >= 4 is 46.4 Å². The molecule has 0 bridgehead atoms. The number of carbonyl (C=O) groups excluding carboxylic acids is 1. The van der Waals surface area contributed by atoms with Gasteiger partial charge in [-0.05, 0) is 49.4 Å². The Morgan fingerprint density at radius 2 is 1.84 bits per heavy atom. The maximum absolute atomic E-state index is 12.5. The van der Waals surface area contributed by atoms with E-state index in [1.165, 1.54) is 17.2 Å². The normalized spacial score (nSPS) is 17.7. The Labute approximate surface area is 162 Å². The van der Waals surface area contributed by atoms with Crippen LogP contribution in [-0.4, -0.2) is 11.9 Å². The van der Waals surface area contributed by atoms with Crippen LogP contribution in [0.3, 0.4) is 0 Å². The van der Waals surface area contributed by atoms with Gasteiger partial charge in [-0.15, -0.1) is 0 Å². The molecule has 1 amide bonds. The number of benzene rings is 2. The lowest BCUT2D eigenvalue weighted by molar-refractivity contribution is -0.118. The predicted molar refractivity (Wildman–Crippen MR) is 105 cm³/mol. The molecule has 2 aromatic carbocycles. The molecule has 6 heteroatoms. The molecule has 2 atom stereocenters. The Bertz CT molecular complexity index is 794. The van der Waals surface area contributed by atoms with Crippen molar-refractivity contribution in [1.29, 1.82) is 0 Å². The number of halogens is 3. The van der Waals surface area contributed by atoms with Crippen LogP contribution in [0.1, 0.15) is 36.9 Å². The summed E-state index contributed by atoms with van der Waals surface area (Å²) in [4.78, 5) is 12.5. The van der Waals surface area contributed by atoms with E-state index in [2.05, 4.69) is 28.8 Å². The highest BCUT2D eigenvalue weighted by Crippen LogP contribution is 2.33. The highest BCUT2D eigenvalue weighted by atomic mass is 35.5. The predicted octanol–water partition coefficient (Wildman–Crippen LogP) is 5.64. The summed E-state index contributed by atoms with van der Waals surface area (Å²) in [6.07, 6.45) is 3.22. The Kier molecular flexibility index (Phi) is 5.90. The molecule has 0 radical (unpaired) electrons. The Hall–Kier alpha value is -1.26. The molecule has 0 heterocycles. The van der Waals surface area contributed by atoms with E-state index in [0.717, 1.165) is 19.3 Å². The number of hydrogen-bond donors (Lipinski definition) is 2. The summed E-state index contributed by atoms with van der Waals surface area (Å²) < 4.78 is 0. The first-order valence-electron chi connectivity index (χ1n) is 8.25. The second-order valence-electron chi connectivity index (χ2n) is 6.27. The van der Waals surface area contributed by atoms with E-state index in [1.54, 1.807) is 6.07 Å². The third-order valence-electron chi connectivity index (χ3n) is 4.48. The summed E-state index contributed by atoms with van der Waals surface area (Å²) >= 11 is 18.1. The zero-order valence-corrected chi connectivity index (χ0v) is 16.1. The van der Waals surface area contributed by atoms with Crippen molar-refractivity contribution in [2.75, 3.05) is 5.32 Å². The van der Waals surface area contributed by atoms with Gasteiger partial charge in [0.1, 0.15) is 0 Å². The van der Waals surface area contributed by atoms with E-state index in [4.69, 9.17) is 34.8 Å². The second kappa shape index (κ2) is 7.96. The van der Waals surface area contributed by atoms with Crippen LogP contribution in [-0.2, 0) is 11.2 Å². The van der Waals surface area contributed by atoms with Crippen molar-refractivity contribution in [3.8, 4) is 0 Å². The first-order valence-corrected chi connectivity index (χ1v) is 9.38. The molecule has 0 aliphatic heterocycles. The fourth-order valence-electron chi connectivity index (χ4n) is 3.16. The quantitative estimate of drug-likeness (QED) is 0.655. The van der Waals surface area contributed by atoms with E-state index in [1.807, 2.05) is 13.0 Å². The molecule has 0 spiro atoms. The SMILES string of the molecule is C[C@@H](N[C@@H]1CCCc2ccccc21)C(=O)Nc1cc(Cl)c(Cl)cc1Cl. The van der Waals surface area contributed by atoms with Gasteiger partial charge in [0.25, 0.3) is 0 Å². The van der Waals surface area contributed by atoms with Gasteiger partial charge in [-0.3, -0.25) is 10.1 Å². The van der Waals surface area contributed by atoms with Crippen molar-refractivity contribution in [3.63, 3.8) is 0 Å². The largest absolute Gasteiger partial charge is 0.323 e.